The fourth-order valence-corrected chi connectivity index (χ4v) is 7.83. The van der Waals surface area contributed by atoms with Crippen LogP contribution in [0, 0.1) is 11.8 Å². The van der Waals surface area contributed by atoms with Crippen molar-refractivity contribution in [2.24, 2.45) is 11.8 Å². The van der Waals surface area contributed by atoms with Gasteiger partial charge in [0.1, 0.15) is 5.75 Å². The van der Waals surface area contributed by atoms with Gasteiger partial charge in [0.25, 0.3) is 0 Å². The van der Waals surface area contributed by atoms with Crippen LogP contribution in [0.3, 0.4) is 0 Å². The van der Waals surface area contributed by atoms with E-state index in [1.807, 2.05) is 18.2 Å². The molecule has 0 aromatic heterocycles. The molecule has 2 aromatic carbocycles. The summed E-state index contributed by atoms with van der Waals surface area (Å²) < 4.78 is 12.6. The summed E-state index contributed by atoms with van der Waals surface area (Å²) in [4.78, 5) is 29.5. The van der Waals surface area contributed by atoms with Crippen LogP contribution in [0.15, 0.2) is 48.6 Å². The van der Waals surface area contributed by atoms with Crippen LogP contribution in [0.5, 0.6) is 5.75 Å². The highest BCUT2D eigenvalue weighted by Gasteiger charge is 2.46. The highest BCUT2D eigenvalue weighted by Crippen LogP contribution is 2.47. The third kappa shape index (κ3) is 5.54. The first-order valence-electron chi connectivity index (χ1n) is 15.3. The van der Waals surface area contributed by atoms with Crippen molar-refractivity contribution in [1.29, 1.82) is 0 Å². The van der Waals surface area contributed by atoms with Crippen LogP contribution in [-0.2, 0) is 31.8 Å². The Kier molecular flexibility index (Phi) is 8.22. The minimum Gasteiger partial charge on any atom is -0.490 e. The molecular weight excluding hydrogens is 568 g/mol. The molecule has 4 aliphatic rings. The van der Waals surface area contributed by atoms with Crippen LogP contribution in [0.25, 0.3) is 0 Å². The van der Waals surface area contributed by atoms with Gasteiger partial charge in [-0.1, -0.05) is 35.9 Å². The van der Waals surface area contributed by atoms with Gasteiger partial charge in [-0.15, -0.1) is 0 Å². The lowest BCUT2D eigenvalue weighted by atomic mass is 9.68. The van der Waals surface area contributed by atoms with E-state index >= 15 is 0 Å². The van der Waals surface area contributed by atoms with Crippen LogP contribution in [0.4, 0.5) is 5.69 Å². The number of carbonyl (C=O) groups excluding carboxylic acids is 1. The van der Waals surface area contributed by atoms with Crippen LogP contribution < -0.4 is 9.64 Å². The predicted molar refractivity (Wildman–Crippen MR) is 165 cm³/mol. The standard InChI is InChI=1S/C34H41ClN2O6/c1-36-15-4-3-7-29(42-2)26-11-8-23(26)19-37-20-33(14-5-6-22-16-25(35)10-12-27(22)33)21-43-30-13-9-24(17-28(30)37)34(41,32(39)40)18-31(36)38/h3-4,9-10,12-13,16-17,23,26,29,41H,5-8,11,14-15,18-21H2,1-2H3,(H,39,40)/b4-3-/t23-,26+,29-,33-,34-/m0/s1. The number of aliphatic hydroxyl groups is 1. The van der Waals surface area contributed by atoms with E-state index < -0.39 is 23.9 Å². The number of amides is 1. The van der Waals surface area contributed by atoms with Gasteiger partial charge >= 0.3 is 5.97 Å². The van der Waals surface area contributed by atoms with Gasteiger partial charge < -0.3 is 29.5 Å². The molecule has 230 valence electrons. The SMILES string of the molecule is CO[C@H]1C/C=C\CN(C)C(=O)C[C@@](O)(C(=O)O)c2ccc3c(c2)N(C[C@@H]2CC[C@H]21)C[C@@]1(CCCc2cc(Cl)ccc21)CO3. The summed E-state index contributed by atoms with van der Waals surface area (Å²) in [6, 6.07) is 11.2. The lowest BCUT2D eigenvalue weighted by molar-refractivity contribution is -0.164. The van der Waals surface area contributed by atoms with Crippen LogP contribution >= 0.6 is 11.6 Å². The summed E-state index contributed by atoms with van der Waals surface area (Å²) >= 11 is 6.41. The predicted octanol–water partition coefficient (Wildman–Crippen LogP) is 4.93. The first-order chi connectivity index (χ1) is 20.6. The Balaban J connectivity index is 1.46. The third-order valence-corrected chi connectivity index (χ3v) is 10.6. The van der Waals surface area contributed by atoms with E-state index in [9.17, 15) is 19.8 Å². The number of likely N-dealkylation sites (N-methyl/N-ethyl adjacent to an activating group) is 1. The molecule has 2 aliphatic carbocycles. The smallest absolute Gasteiger partial charge is 0.340 e. The van der Waals surface area contributed by atoms with Crippen molar-refractivity contribution in [2.75, 3.05) is 45.3 Å². The van der Waals surface area contributed by atoms with Gasteiger partial charge in [0.05, 0.1) is 24.8 Å². The zero-order chi connectivity index (χ0) is 30.4. The van der Waals surface area contributed by atoms with Crippen molar-refractivity contribution < 1.29 is 29.3 Å². The molecule has 1 spiro atoms. The van der Waals surface area contributed by atoms with Crippen molar-refractivity contribution in [2.45, 2.75) is 62.1 Å². The normalized spacial score (nSPS) is 31.7. The number of aliphatic carboxylic acids is 1. The molecule has 2 bridgehead atoms. The molecule has 2 aliphatic heterocycles. The van der Waals surface area contributed by atoms with Gasteiger partial charge in [0.2, 0.25) is 5.91 Å². The number of carboxylic acid groups (broad SMARTS) is 1. The Morgan fingerprint density at radius 2 is 2.00 bits per heavy atom. The second-order valence-corrected chi connectivity index (χ2v) is 13.3. The summed E-state index contributed by atoms with van der Waals surface area (Å²) in [7, 11) is 3.39. The van der Waals surface area contributed by atoms with Crippen molar-refractivity contribution in [3.63, 3.8) is 0 Å². The molecule has 1 fully saturated rings. The molecule has 8 nitrogen and oxygen atoms in total. The Labute approximate surface area is 258 Å². The molecule has 1 amide bonds. The lowest BCUT2D eigenvalue weighted by Gasteiger charge is -2.46. The molecule has 0 radical (unpaired) electrons. The van der Waals surface area contributed by atoms with E-state index in [0.717, 1.165) is 55.8 Å². The van der Waals surface area contributed by atoms with E-state index in [-0.39, 0.29) is 17.1 Å². The first-order valence-corrected chi connectivity index (χ1v) is 15.7. The quantitative estimate of drug-likeness (QED) is 0.466. The molecule has 9 heteroatoms. The Morgan fingerprint density at radius 3 is 2.74 bits per heavy atom. The van der Waals surface area contributed by atoms with Gasteiger partial charge in [-0.25, -0.2) is 4.79 Å². The summed E-state index contributed by atoms with van der Waals surface area (Å²) in [6.07, 6.45) is 9.30. The molecular formula is C34H41ClN2O6. The molecule has 6 rings (SSSR count). The van der Waals surface area contributed by atoms with Gasteiger partial charge in [-0.2, -0.15) is 0 Å². The van der Waals surface area contributed by atoms with E-state index in [4.69, 9.17) is 21.1 Å². The number of rotatable bonds is 2. The zero-order valence-electron chi connectivity index (χ0n) is 24.9. The summed E-state index contributed by atoms with van der Waals surface area (Å²) in [5, 5.41) is 22.5. The van der Waals surface area contributed by atoms with Crippen molar-refractivity contribution in [3.05, 3.63) is 70.3 Å². The monoisotopic (exact) mass is 608 g/mol. The zero-order valence-corrected chi connectivity index (χ0v) is 25.7. The number of nitrogens with zero attached hydrogens (tertiary/aromatic N) is 2. The number of aryl methyl sites for hydroxylation is 1. The average Bonchev–Trinajstić information content (AvgIpc) is 3.12. The van der Waals surface area contributed by atoms with Crippen molar-refractivity contribution in [1.82, 2.24) is 4.90 Å². The number of benzene rings is 2. The number of ether oxygens (including phenoxy) is 2. The van der Waals surface area contributed by atoms with Crippen LogP contribution in [0.1, 0.15) is 55.2 Å². The maximum atomic E-state index is 13.1. The number of halogens is 1. The Hall–Kier alpha value is -3.07. The Bertz CT molecular complexity index is 1430. The second-order valence-electron chi connectivity index (χ2n) is 12.9. The van der Waals surface area contributed by atoms with Gasteiger partial charge in [-0.3, -0.25) is 4.79 Å². The average molecular weight is 609 g/mol. The molecule has 5 atom stereocenters. The number of hydrogen-bond donors (Lipinski definition) is 2. The number of carbonyl (C=O) groups is 2. The molecule has 0 saturated heterocycles. The molecule has 2 aromatic rings. The number of carboxylic acids is 1. The third-order valence-electron chi connectivity index (χ3n) is 10.3. The first kappa shape index (κ1) is 30.0. The van der Waals surface area contributed by atoms with Crippen molar-refractivity contribution >= 4 is 29.2 Å². The molecule has 1 saturated carbocycles. The van der Waals surface area contributed by atoms with Crippen LogP contribution in [0.2, 0.25) is 5.02 Å². The van der Waals surface area contributed by atoms with E-state index in [0.29, 0.717) is 37.3 Å². The lowest BCUT2D eigenvalue weighted by Crippen LogP contribution is -2.50. The fourth-order valence-electron chi connectivity index (χ4n) is 7.63. The van der Waals surface area contributed by atoms with Gasteiger partial charge in [0, 0.05) is 44.2 Å². The molecule has 2 N–H and O–H groups in total. The molecule has 0 unspecified atom stereocenters. The number of anilines is 1. The number of methoxy groups -OCH3 is 1. The maximum absolute atomic E-state index is 13.1. The summed E-state index contributed by atoms with van der Waals surface area (Å²) in [5.74, 6) is -0.496. The molecule has 43 heavy (non-hydrogen) atoms. The molecule has 2 heterocycles. The summed E-state index contributed by atoms with van der Waals surface area (Å²) in [6.45, 7) is 2.24. The van der Waals surface area contributed by atoms with Crippen LogP contribution in [-0.4, -0.2) is 73.5 Å². The second kappa shape index (κ2) is 11.8. The fraction of sp³-hybridized carbons (Fsp3) is 0.529. The minimum atomic E-state index is -2.38. The highest BCUT2D eigenvalue weighted by molar-refractivity contribution is 6.30. The highest BCUT2D eigenvalue weighted by atomic mass is 35.5. The van der Waals surface area contributed by atoms with Gasteiger partial charge in [-0.05, 0) is 91.3 Å². The van der Waals surface area contributed by atoms with Gasteiger partial charge in [0.15, 0.2) is 5.60 Å². The summed E-state index contributed by atoms with van der Waals surface area (Å²) in [5.41, 5.74) is 0.766. The largest absolute Gasteiger partial charge is 0.490 e. The maximum Gasteiger partial charge on any atom is 0.340 e. The topological polar surface area (TPSA) is 99.5 Å². The van der Waals surface area contributed by atoms with E-state index in [2.05, 4.69) is 17.0 Å². The van der Waals surface area contributed by atoms with Crippen molar-refractivity contribution in [3.8, 4) is 5.75 Å². The Morgan fingerprint density at radius 1 is 1.16 bits per heavy atom. The van der Waals surface area contributed by atoms with E-state index in [1.54, 1.807) is 32.4 Å². The minimum absolute atomic E-state index is 0.0709. The van der Waals surface area contributed by atoms with E-state index in [1.165, 1.54) is 16.0 Å². The number of hydrogen-bond acceptors (Lipinski definition) is 6. The number of fused-ring (bicyclic) bond motifs is 4.